The fraction of sp³-hybridized carbons (Fsp3) is 0.0476. The summed E-state index contributed by atoms with van der Waals surface area (Å²) < 4.78 is 2.01. The van der Waals surface area contributed by atoms with Crippen LogP contribution < -0.4 is 0 Å². The van der Waals surface area contributed by atoms with Crippen molar-refractivity contribution >= 4 is 35.9 Å². The summed E-state index contributed by atoms with van der Waals surface area (Å²) in [6, 6.07) is 24.0. The van der Waals surface area contributed by atoms with Gasteiger partial charge in [-0.2, -0.15) is 0 Å². The summed E-state index contributed by atoms with van der Waals surface area (Å²) in [5, 5.41) is 8.87. The van der Waals surface area contributed by atoms with Crippen LogP contribution in [0.3, 0.4) is 0 Å². The summed E-state index contributed by atoms with van der Waals surface area (Å²) in [4.78, 5) is 15.3. The Bertz CT molecular complexity index is 1040. The zero-order valence-electron chi connectivity index (χ0n) is 13.5. The maximum atomic E-state index is 10.8. The Labute approximate surface area is 163 Å². The topological polar surface area (TPSA) is 55.1 Å². The second kappa shape index (κ2) is 7.61. The Morgan fingerprint density at radius 3 is 2.35 bits per heavy atom. The molecule has 0 fully saturated rings. The van der Waals surface area contributed by atoms with Gasteiger partial charge in [-0.1, -0.05) is 48.5 Å². The maximum absolute atomic E-state index is 10.8. The Hall–Kier alpha value is -2.80. The third kappa shape index (κ3) is 3.57. The molecule has 3 aromatic carbocycles. The molecule has 0 unspecified atom stereocenters. The molecule has 1 N–H and O–H groups in total. The van der Waals surface area contributed by atoms with Gasteiger partial charge in [-0.05, 0) is 41.0 Å². The van der Waals surface area contributed by atoms with Crippen LogP contribution in [0.25, 0.3) is 27.8 Å². The Morgan fingerprint density at radius 1 is 0.923 bits per heavy atom. The number of hydrogen-bond acceptors (Lipinski definition) is 2. The summed E-state index contributed by atoms with van der Waals surface area (Å²) in [7, 11) is 0. The number of rotatable bonds is 4. The summed E-state index contributed by atoms with van der Waals surface area (Å²) in [6.07, 6.45) is 1.83. The van der Waals surface area contributed by atoms with E-state index in [-0.39, 0.29) is 25.3 Å². The molecule has 0 amide bonds. The van der Waals surface area contributed by atoms with Crippen molar-refractivity contribution in [3.63, 3.8) is 0 Å². The van der Waals surface area contributed by atoms with Gasteiger partial charge in [-0.3, -0.25) is 9.36 Å². The van der Waals surface area contributed by atoms with Gasteiger partial charge in [0, 0.05) is 5.69 Å². The number of fused-ring (bicyclic) bond motifs is 1. The normalized spacial score (nSPS) is 10.5. The number of imidazole rings is 1. The van der Waals surface area contributed by atoms with Gasteiger partial charge >= 0.3 is 24.8 Å². The van der Waals surface area contributed by atoms with E-state index in [1.165, 1.54) is 0 Å². The van der Waals surface area contributed by atoms with E-state index in [2.05, 4.69) is 35.3 Å². The molecule has 0 bridgehead atoms. The summed E-state index contributed by atoms with van der Waals surface area (Å²) in [6.45, 7) is 0. The third-order valence-corrected chi connectivity index (χ3v) is 4.22. The van der Waals surface area contributed by atoms with Gasteiger partial charge in [-0.15, -0.1) is 0 Å². The van der Waals surface area contributed by atoms with E-state index >= 15 is 0 Å². The van der Waals surface area contributed by atoms with Gasteiger partial charge in [0.05, 0.1) is 17.5 Å². The third-order valence-electron chi connectivity index (χ3n) is 4.22. The van der Waals surface area contributed by atoms with E-state index < -0.39 is 5.97 Å². The molecule has 5 heteroatoms. The first-order chi connectivity index (χ1) is 12.2. The van der Waals surface area contributed by atoms with Crippen molar-refractivity contribution in [2.75, 3.05) is 0 Å². The molecular formula is C21H17LiN2O2. The zero-order valence-corrected chi connectivity index (χ0v) is 13.5. The summed E-state index contributed by atoms with van der Waals surface area (Å²) >= 11 is 0. The minimum absolute atomic E-state index is 0. The second-order valence-corrected chi connectivity index (χ2v) is 5.92. The monoisotopic (exact) mass is 336 g/mol. The van der Waals surface area contributed by atoms with Crippen molar-refractivity contribution in [3.8, 4) is 16.8 Å². The van der Waals surface area contributed by atoms with E-state index in [9.17, 15) is 4.79 Å². The molecule has 4 rings (SSSR count). The van der Waals surface area contributed by atoms with Gasteiger partial charge in [0.15, 0.2) is 0 Å². The predicted octanol–water partition coefficient (Wildman–Crippen LogP) is 3.67. The van der Waals surface area contributed by atoms with Crippen molar-refractivity contribution in [1.29, 1.82) is 0 Å². The van der Waals surface area contributed by atoms with Crippen LogP contribution in [0.4, 0.5) is 0 Å². The molecular weight excluding hydrogens is 319 g/mol. The molecule has 124 valence electrons. The van der Waals surface area contributed by atoms with Crippen LogP contribution in [-0.4, -0.2) is 39.5 Å². The number of carboxylic acid groups (broad SMARTS) is 1. The number of benzene rings is 3. The van der Waals surface area contributed by atoms with E-state index in [1.54, 1.807) is 6.33 Å². The fourth-order valence-corrected chi connectivity index (χ4v) is 2.98. The quantitative estimate of drug-likeness (QED) is 0.579. The molecule has 0 radical (unpaired) electrons. The van der Waals surface area contributed by atoms with Crippen LogP contribution in [0, 0.1) is 0 Å². The fourth-order valence-electron chi connectivity index (χ4n) is 2.98. The molecule has 4 aromatic rings. The molecule has 4 nitrogen and oxygen atoms in total. The predicted molar refractivity (Wildman–Crippen MR) is 105 cm³/mol. The van der Waals surface area contributed by atoms with Crippen LogP contribution in [-0.2, 0) is 11.2 Å². The van der Waals surface area contributed by atoms with Crippen LogP contribution in [0.5, 0.6) is 0 Å². The first-order valence-electron chi connectivity index (χ1n) is 8.04. The Morgan fingerprint density at radius 2 is 1.65 bits per heavy atom. The number of nitrogens with zero attached hydrogens (tertiary/aromatic N) is 2. The Kier molecular flexibility index (Phi) is 5.27. The summed E-state index contributed by atoms with van der Waals surface area (Å²) in [5.74, 6) is -0.825. The molecule has 1 aromatic heterocycles. The molecule has 26 heavy (non-hydrogen) atoms. The van der Waals surface area contributed by atoms with E-state index in [1.807, 2.05) is 47.0 Å². The molecule has 1 heterocycles. The summed E-state index contributed by atoms with van der Waals surface area (Å²) in [5.41, 5.74) is 5.99. The SMILES string of the molecule is O=C(O)Cc1ccc(-n2cnc3cc(-c4ccccc4)ccc32)cc1.[LiH]. The van der Waals surface area contributed by atoms with Gasteiger partial charge in [0.25, 0.3) is 0 Å². The van der Waals surface area contributed by atoms with Gasteiger partial charge < -0.3 is 5.11 Å². The van der Waals surface area contributed by atoms with Crippen molar-refractivity contribution in [2.45, 2.75) is 6.42 Å². The average molecular weight is 336 g/mol. The molecule has 0 aliphatic heterocycles. The number of carboxylic acids is 1. The van der Waals surface area contributed by atoms with Gasteiger partial charge in [0.1, 0.15) is 6.33 Å². The van der Waals surface area contributed by atoms with E-state index in [0.717, 1.165) is 33.4 Å². The van der Waals surface area contributed by atoms with Gasteiger partial charge in [0.2, 0.25) is 0 Å². The molecule has 0 aliphatic carbocycles. The number of aromatic nitrogens is 2. The van der Waals surface area contributed by atoms with Crippen molar-refractivity contribution < 1.29 is 9.90 Å². The van der Waals surface area contributed by atoms with Crippen LogP contribution in [0.1, 0.15) is 5.56 Å². The molecule has 0 aliphatic rings. The van der Waals surface area contributed by atoms with Crippen molar-refractivity contribution in [1.82, 2.24) is 9.55 Å². The molecule has 0 spiro atoms. The first-order valence-corrected chi connectivity index (χ1v) is 8.04. The number of carbonyl (C=O) groups is 1. The van der Waals surface area contributed by atoms with Crippen LogP contribution in [0.2, 0.25) is 0 Å². The number of hydrogen-bond donors (Lipinski definition) is 1. The van der Waals surface area contributed by atoms with Crippen LogP contribution >= 0.6 is 0 Å². The van der Waals surface area contributed by atoms with Crippen molar-refractivity contribution in [3.05, 3.63) is 84.7 Å². The van der Waals surface area contributed by atoms with Crippen LogP contribution in [0.15, 0.2) is 79.1 Å². The van der Waals surface area contributed by atoms with Gasteiger partial charge in [-0.25, -0.2) is 4.98 Å². The Balaban J connectivity index is 0.00000196. The van der Waals surface area contributed by atoms with E-state index in [4.69, 9.17) is 5.11 Å². The molecule has 0 atom stereocenters. The number of aliphatic carboxylic acids is 1. The molecule has 0 saturated carbocycles. The standard InChI is InChI=1S/C21H16N2O2.Li.H/c24-21(25)12-15-6-9-18(10-7-15)23-14-22-19-13-17(8-11-20(19)23)16-4-2-1-3-5-16;;/h1-11,13-14H,12H2,(H,24,25);;. The van der Waals surface area contributed by atoms with Crippen molar-refractivity contribution in [2.24, 2.45) is 0 Å². The second-order valence-electron chi connectivity index (χ2n) is 5.92. The molecule has 0 saturated heterocycles. The zero-order chi connectivity index (χ0) is 17.2. The van der Waals surface area contributed by atoms with E-state index in [0.29, 0.717) is 0 Å². The first kappa shape index (κ1) is 18.0. The minimum atomic E-state index is -0.825. The average Bonchev–Trinajstić information content (AvgIpc) is 3.06.